The highest BCUT2D eigenvalue weighted by Gasteiger charge is 2.33. The summed E-state index contributed by atoms with van der Waals surface area (Å²) in [4.78, 5) is 13.7. The fraction of sp³-hybridized carbons (Fsp3) is 0.733. The standard InChI is InChI=1S/C15H24BrN3O2/c1-4-10-6-7-19(12(8-10)15(20)21)9-13-14(16)11(5-2)17-18(13)3/h10,12H,4-9H2,1-3H3,(H,20,21). The zero-order valence-electron chi connectivity index (χ0n) is 13.0. The van der Waals surface area contributed by atoms with Crippen molar-refractivity contribution in [2.75, 3.05) is 6.54 Å². The van der Waals surface area contributed by atoms with Crippen LogP contribution in [0.15, 0.2) is 4.47 Å². The molecule has 0 saturated carbocycles. The lowest BCUT2D eigenvalue weighted by atomic mass is 9.89. The number of aryl methyl sites for hydroxylation is 2. The summed E-state index contributed by atoms with van der Waals surface area (Å²) in [5, 5.41) is 14.0. The van der Waals surface area contributed by atoms with Crippen LogP contribution in [0.5, 0.6) is 0 Å². The van der Waals surface area contributed by atoms with E-state index in [0.717, 1.165) is 48.1 Å². The van der Waals surface area contributed by atoms with E-state index in [4.69, 9.17) is 0 Å². The third-order valence-electron chi connectivity index (χ3n) is 4.54. The Hall–Kier alpha value is -0.880. The van der Waals surface area contributed by atoms with E-state index in [-0.39, 0.29) is 6.04 Å². The lowest BCUT2D eigenvalue weighted by Gasteiger charge is -2.36. The Morgan fingerprint density at radius 2 is 2.19 bits per heavy atom. The third kappa shape index (κ3) is 3.48. The second-order valence-corrected chi connectivity index (χ2v) is 6.60. The van der Waals surface area contributed by atoms with Gasteiger partial charge < -0.3 is 5.11 Å². The molecule has 1 fully saturated rings. The van der Waals surface area contributed by atoms with E-state index < -0.39 is 5.97 Å². The first-order chi connectivity index (χ1) is 9.97. The van der Waals surface area contributed by atoms with Crippen LogP contribution >= 0.6 is 15.9 Å². The Balaban J connectivity index is 2.18. The summed E-state index contributed by atoms with van der Waals surface area (Å²) in [6.07, 6.45) is 3.76. The van der Waals surface area contributed by atoms with Crippen LogP contribution in [-0.4, -0.2) is 38.3 Å². The first kappa shape index (κ1) is 16.5. The summed E-state index contributed by atoms with van der Waals surface area (Å²) in [7, 11) is 1.92. The maximum absolute atomic E-state index is 11.6. The SMILES string of the molecule is CCc1nn(C)c(CN2CCC(CC)CC2C(=O)O)c1Br. The van der Waals surface area contributed by atoms with Crippen LogP contribution in [0.25, 0.3) is 0 Å². The molecule has 21 heavy (non-hydrogen) atoms. The number of halogens is 1. The molecule has 0 radical (unpaired) electrons. The maximum atomic E-state index is 11.6. The number of carbonyl (C=O) groups is 1. The predicted molar refractivity (Wildman–Crippen MR) is 85.1 cm³/mol. The molecule has 2 rings (SSSR count). The van der Waals surface area contributed by atoms with Gasteiger partial charge in [0, 0.05) is 13.6 Å². The fourth-order valence-corrected chi connectivity index (χ4v) is 3.83. The average Bonchev–Trinajstić information content (AvgIpc) is 2.74. The second-order valence-electron chi connectivity index (χ2n) is 5.81. The molecule has 2 heterocycles. The number of hydrogen-bond acceptors (Lipinski definition) is 3. The van der Waals surface area contributed by atoms with Crippen LogP contribution in [0.1, 0.15) is 44.5 Å². The minimum Gasteiger partial charge on any atom is -0.480 e. The molecule has 2 unspecified atom stereocenters. The van der Waals surface area contributed by atoms with Crippen molar-refractivity contribution in [2.24, 2.45) is 13.0 Å². The largest absolute Gasteiger partial charge is 0.480 e. The van der Waals surface area contributed by atoms with Crippen LogP contribution in [0.3, 0.4) is 0 Å². The highest BCUT2D eigenvalue weighted by atomic mass is 79.9. The van der Waals surface area contributed by atoms with Crippen molar-refractivity contribution in [3.8, 4) is 0 Å². The van der Waals surface area contributed by atoms with Crippen molar-refractivity contribution in [3.63, 3.8) is 0 Å². The molecule has 1 N–H and O–H groups in total. The molecule has 1 aromatic heterocycles. The quantitative estimate of drug-likeness (QED) is 0.879. The summed E-state index contributed by atoms with van der Waals surface area (Å²) in [6, 6.07) is -0.379. The molecule has 0 spiro atoms. The summed E-state index contributed by atoms with van der Waals surface area (Å²) in [5.41, 5.74) is 2.09. The topological polar surface area (TPSA) is 58.4 Å². The zero-order chi connectivity index (χ0) is 15.6. The molecule has 0 bridgehead atoms. The molecule has 1 aromatic rings. The highest BCUT2D eigenvalue weighted by molar-refractivity contribution is 9.10. The van der Waals surface area contributed by atoms with Crippen LogP contribution in [0, 0.1) is 5.92 Å². The second kappa shape index (κ2) is 6.92. The Morgan fingerprint density at radius 3 is 2.71 bits per heavy atom. The summed E-state index contributed by atoms with van der Waals surface area (Å²) < 4.78 is 2.89. The summed E-state index contributed by atoms with van der Waals surface area (Å²) in [6.45, 7) is 5.69. The van der Waals surface area contributed by atoms with Crippen molar-refractivity contribution in [2.45, 2.75) is 52.1 Å². The number of rotatable bonds is 5. The molecular weight excluding hydrogens is 334 g/mol. The molecule has 0 amide bonds. The van der Waals surface area contributed by atoms with Crippen molar-refractivity contribution >= 4 is 21.9 Å². The van der Waals surface area contributed by atoms with E-state index in [2.05, 4.69) is 39.8 Å². The van der Waals surface area contributed by atoms with E-state index >= 15 is 0 Å². The van der Waals surface area contributed by atoms with Crippen LogP contribution in [0.4, 0.5) is 0 Å². The molecule has 1 aliphatic rings. The van der Waals surface area contributed by atoms with Gasteiger partial charge in [-0.1, -0.05) is 20.3 Å². The van der Waals surface area contributed by atoms with E-state index in [0.29, 0.717) is 12.5 Å². The Labute approximate surface area is 134 Å². The van der Waals surface area contributed by atoms with Crippen LogP contribution < -0.4 is 0 Å². The number of piperidine rings is 1. The Bertz CT molecular complexity index is 515. The van der Waals surface area contributed by atoms with Gasteiger partial charge in [-0.2, -0.15) is 5.10 Å². The van der Waals surface area contributed by atoms with Gasteiger partial charge in [-0.05, 0) is 47.7 Å². The van der Waals surface area contributed by atoms with E-state index in [1.165, 1.54) is 0 Å². The van der Waals surface area contributed by atoms with Gasteiger partial charge in [0.25, 0.3) is 0 Å². The normalized spacial score (nSPS) is 23.4. The van der Waals surface area contributed by atoms with E-state index in [1.54, 1.807) is 0 Å². The van der Waals surface area contributed by atoms with E-state index in [1.807, 2.05) is 11.7 Å². The summed E-state index contributed by atoms with van der Waals surface area (Å²) >= 11 is 3.61. The van der Waals surface area contributed by atoms with Crippen molar-refractivity contribution in [1.82, 2.24) is 14.7 Å². The van der Waals surface area contributed by atoms with Crippen molar-refractivity contribution < 1.29 is 9.90 Å². The lowest BCUT2D eigenvalue weighted by molar-refractivity contribution is -0.145. The minimum atomic E-state index is -0.706. The van der Waals surface area contributed by atoms with Gasteiger partial charge in [0.05, 0.1) is 15.9 Å². The Morgan fingerprint density at radius 1 is 1.48 bits per heavy atom. The molecule has 5 nitrogen and oxygen atoms in total. The van der Waals surface area contributed by atoms with Crippen LogP contribution in [-0.2, 0) is 24.8 Å². The number of carboxylic acid groups (broad SMARTS) is 1. The van der Waals surface area contributed by atoms with Gasteiger partial charge in [0.15, 0.2) is 0 Å². The van der Waals surface area contributed by atoms with Gasteiger partial charge in [0.1, 0.15) is 6.04 Å². The van der Waals surface area contributed by atoms with Crippen molar-refractivity contribution in [1.29, 1.82) is 0 Å². The number of hydrogen-bond donors (Lipinski definition) is 1. The van der Waals surface area contributed by atoms with Crippen LogP contribution in [0.2, 0.25) is 0 Å². The molecule has 1 saturated heterocycles. The van der Waals surface area contributed by atoms with Gasteiger partial charge in [0.2, 0.25) is 0 Å². The molecule has 0 aromatic carbocycles. The molecule has 1 aliphatic heterocycles. The number of aliphatic carboxylic acids is 1. The van der Waals surface area contributed by atoms with E-state index in [9.17, 15) is 9.90 Å². The zero-order valence-corrected chi connectivity index (χ0v) is 14.6. The maximum Gasteiger partial charge on any atom is 0.320 e. The Kier molecular flexibility index (Phi) is 5.43. The predicted octanol–water partition coefficient (Wildman–Crippen LogP) is 2.82. The third-order valence-corrected chi connectivity index (χ3v) is 5.46. The number of nitrogens with zero attached hydrogens (tertiary/aromatic N) is 3. The van der Waals surface area contributed by atoms with Gasteiger partial charge >= 0.3 is 5.97 Å². The lowest BCUT2D eigenvalue weighted by Crippen LogP contribution is -2.46. The van der Waals surface area contributed by atoms with Gasteiger partial charge in [-0.25, -0.2) is 0 Å². The molecule has 6 heteroatoms. The number of carboxylic acids is 1. The smallest absolute Gasteiger partial charge is 0.320 e. The van der Waals surface area contributed by atoms with Crippen molar-refractivity contribution in [3.05, 3.63) is 15.9 Å². The number of aromatic nitrogens is 2. The monoisotopic (exact) mass is 357 g/mol. The highest BCUT2D eigenvalue weighted by Crippen LogP contribution is 2.29. The first-order valence-corrected chi connectivity index (χ1v) is 8.44. The minimum absolute atomic E-state index is 0.379. The number of likely N-dealkylation sites (tertiary alicyclic amines) is 1. The molecular formula is C15H24BrN3O2. The average molecular weight is 358 g/mol. The molecule has 2 atom stereocenters. The first-order valence-electron chi connectivity index (χ1n) is 7.64. The molecule has 0 aliphatic carbocycles. The summed E-state index contributed by atoms with van der Waals surface area (Å²) in [5.74, 6) is -0.175. The van der Waals surface area contributed by atoms with Gasteiger partial charge in [-0.3, -0.25) is 14.4 Å². The van der Waals surface area contributed by atoms with Gasteiger partial charge in [-0.15, -0.1) is 0 Å². The molecule has 118 valence electrons. The fourth-order valence-electron chi connectivity index (χ4n) is 3.09.